The third-order valence-electron chi connectivity index (χ3n) is 10.0. The molecule has 0 aromatic heterocycles. The average molecular weight is 511 g/mol. The number of hydrogen-bond acceptors (Lipinski definition) is 3. The first-order chi connectivity index (χ1) is 16.7. The lowest BCUT2D eigenvalue weighted by Crippen LogP contribution is -2.00. The van der Waals surface area contributed by atoms with E-state index in [4.69, 9.17) is 15.3 Å². The molecule has 3 rings (SSSR count). The summed E-state index contributed by atoms with van der Waals surface area (Å²) in [4.78, 5) is 0. The molecule has 216 valence electrons. The summed E-state index contributed by atoms with van der Waals surface area (Å²) in [6.07, 6.45) is 15.2. The number of aliphatic hydroxyl groups is 3. The minimum absolute atomic E-state index is 0.356. The van der Waals surface area contributed by atoms with Gasteiger partial charge in [0.2, 0.25) is 0 Å². The number of rotatable bonds is 15. The molecule has 0 bridgehead atoms. The molecular weight excluding hydrogens is 444 g/mol. The fourth-order valence-corrected chi connectivity index (χ4v) is 5.76. The van der Waals surface area contributed by atoms with Gasteiger partial charge in [0.15, 0.2) is 0 Å². The van der Waals surface area contributed by atoms with Crippen LogP contribution in [-0.4, -0.2) is 35.1 Å². The average Bonchev–Trinajstić information content (AvgIpc) is 3.70. The Labute approximate surface area is 226 Å². The van der Waals surface area contributed by atoms with E-state index in [9.17, 15) is 0 Å². The maximum absolute atomic E-state index is 8.72. The second-order valence-electron chi connectivity index (χ2n) is 15.3. The summed E-state index contributed by atoms with van der Waals surface area (Å²) >= 11 is 0. The van der Waals surface area contributed by atoms with E-state index in [1.165, 1.54) is 57.8 Å². The van der Waals surface area contributed by atoms with Crippen LogP contribution in [0.2, 0.25) is 0 Å². The van der Waals surface area contributed by atoms with Crippen molar-refractivity contribution in [3.05, 3.63) is 0 Å². The lowest BCUT2D eigenvalue weighted by atomic mass is 9.98. The summed E-state index contributed by atoms with van der Waals surface area (Å²) < 4.78 is 0. The molecule has 0 aliphatic heterocycles. The standard InChI is InChI=1S/3C11H22O/c3*1-9(6-7-12)4-5-10-8-11(10,2)3/h3*9-10,12H,4-8H2,1-3H3/t2*9-,10+;9-,10-/m101/s1. The summed E-state index contributed by atoms with van der Waals surface area (Å²) in [5.41, 5.74) is 1.91. The highest BCUT2D eigenvalue weighted by Crippen LogP contribution is 2.55. The smallest absolute Gasteiger partial charge is 0.0433 e. The molecule has 3 fully saturated rings. The van der Waals surface area contributed by atoms with Crippen molar-refractivity contribution in [1.82, 2.24) is 0 Å². The van der Waals surface area contributed by atoms with Crippen LogP contribution in [0.1, 0.15) is 139 Å². The van der Waals surface area contributed by atoms with Crippen molar-refractivity contribution in [1.29, 1.82) is 0 Å². The highest BCUT2D eigenvalue weighted by molar-refractivity contribution is 4.96. The molecule has 0 radical (unpaired) electrons. The van der Waals surface area contributed by atoms with E-state index in [2.05, 4.69) is 62.3 Å². The van der Waals surface area contributed by atoms with Crippen LogP contribution in [-0.2, 0) is 0 Å². The van der Waals surface area contributed by atoms with Crippen LogP contribution in [0.5, 0.6) is 0 Å². The molecule has 3 heteroatoms. The molecule has 0 saturated heterocycles. The van der Waals surface area contributed by atoms with E-state index < -0.39 is 0 Å². The van der Waals surface area contributed by atoms with Crippen LogP contribution in [0.25, 0.3) is 0 Å². The fourth-order valence-electron chi connectivity index (χ4n) is 5.76. The van der Waals surface area contributed by atoms with Gasteiger partial charge in [-0.25, -0.2) is 0 Å². The van der Waals surface area contributed by atoms with Gasteiger partial charge >= 0.3 is 0 Å². The molecule has 0 spiro atoms. The van der Waals surface area contributed by atoms with Crippen LogP contribution in [0.3, 0.4) is 0 Å². The third-order valence-corrected chi connectivity index (χ3v) is 10.0. The Kier molecular flexibility index (Phi) is 14.6. The first kappa shape index (κ1) is 33.9. The van der Waals surface area contributed by atoms with Crippen LogP contribution >= 0.6 is 0 Å². The predicted octanol–water partition coefficient (Wildman–Crippen LogP) is 8.49. The van der Waals surface area contributed by atoms with Gasteiger partial charge in [-0.2, -0.15) is 0 Å². The van der Waals surface area contributed by atoms with Gasteiger partial charge in [-0.15, -0.1) is 0 Å². The van der Waals surface area contributed by atoms with Gasteiger partial charge in [-0.3, -0.25) is 0 Å². The Morgan fingerprint density at radius 1 is 0.472 bits per heavy atom. The van der Waals surface area contributed by atoms with Gasteiger partial charge < -0.3 is 15.3 Å². The van der Waals surface area contributed by atoms with Gasteiger partial charge in [0.1, 0.15) is 0 Å². The Balaban J connectivity index is 0.000000270. The van der Waals surface area contributed by atoms with E-state index in [0.29, 0.717) is 53.8 Å². The molecule has 36 heavy (non-hydrogen) atoms. The molecule has 3 aliphatic carbocycles. The van der Waals surface area contributed by atoms with Crippen LogP contribution < -0.4 is 0 Å². The number of hydrogen-bond donors (Lipinski definition) is 3. The second-order valence-corrected chi connectivity index (χ2v) is 15.3. The van der Waals surface area contributed by atoms with Crippen molar-refractivity contribution < 1.29 is 15.3 Å². The first-order valence-corrected chi connectivity index (χ1v) is 15.5. The molecule has 0 aromatic rings. The van der Waals surface area contributed by atoms with Crippen molar-refractivity contribution in [2.45, 2.75) is 139 Å². The molecule has 0 heterocycles. The van der Waals surface area contributed by atoms with Crippen LogP contribution in [0.15, 0.2) is 0 Å². The van der Waals surface area contributed by atoms with Crippen molar-refractivity contribution in [2.75, 3.05) is 19.8 Å². The minimum atomic E-state index is 0.356. The summed E-state index contributed by atoms with van der Waals surface area (Å²) in [7, 11) is 0. The van der Waals surface area contributed by atoms with Crippen molar-refractivity contribution >= 4 is 0 Å². The lowest BCUT2D eigenvalue weighted by molar-refractivity contribution is 0.254. The molecular formula is C33H66O3. The zero-order valence-corrected chi connectivity index (χ0v) is 25.9. The van der Waals surface area contributed by atoms with E-state index in [1.54, 1.807) is 0 Å². The summed E-state index contributed by atoms with van der Waals surface area (Å²) in [5, 5.41) is 26.2. The zero-order valence-electron chi connectivity index (χ0n) is 25.9. The molecule has 3 nitrogen and oxygen atoms in total. The summed E-state index contributed by atoms with van der Waals surface area (Å²) in [5.74, 6) is 5.06. The predicted molar refractivity (Wildman–Crippen MR) is 156 cm³/mol. The maximum Gasteiger partial charge on any atom is 0.0433 e. The highest BCUT2D eigenvalue weighted by Gasteiger charge is 2.45. The van der Waals surface area contributed by atoms with E-state index >= 15 is 0 Å². The zero-order chi connectivity index (χ0) is 27.6. The van der Waals surface area contributed by atoms with Crippen molar-refractivity contribution in [3.8, 4) is 0 Å². The van der Waals surface area contributed by atoms with Gasteiger partial charge in [0.05, 0.1) is 0 Å². The third kappa shape index (κ3) is 14.1. The van der Waals surface area contributed by atoms with Gasteiger partial charge in [-0.1, -0.05) is 81.6 Å². The Hall–Kier alpha value is -0.120. The van der Waals surface area contributed by atoms with E-state index in [1.807, 2.05) is 0 Å². The minimum Gasteiger partial charge on any atom is -0.396 e. The lowest BCUT2D eigenvalue weighted by Gasteiger charge is -2.09. The largest absolute Gasteiger partial charge is 0.396 e. The molecule has 3 saturated carbocycles. The van der Waals surface area contributed by atoms with Crippen LogP contribution in [0.4, 0.5) is 0 Å². The van der Waals surface area contributed by atoms with Crippen LogP contribution in [0, 0.1) is 51.8 Å². The topological polar surface area (TPSA) is 60.7 Å². The normalized spacial score (nSPS) is 28.5. The Morgan fingerprint density at radius 2 is 0.667 bits per heavy atom. The van der Waals surface area contributed by atoms with Gasteiger partial charge in [0, 0.05) is 19.8 Å². The number of aliphatic hydroxyl groups excluding tert-OH is 3. The molecule has 0 unspecified atom stereocenters. The Bertz CT molecular complexity index is 501. The van der Waals surface area contributed by atoms with Crippen molar-refractivity contribution in [3.63, 3.8) is 0 Å². The molecule has 3 aliphatic rings. The summed E-state index contributed by atoms with van der Waals surface area (Å²) in [6, 6.07) is 0. The summed E-state index contributed by atoms with van der Waals surface area (Å²) in [6.45, 7) is 21.9. The van der Waals surface area contributed by atoms with Crippen molar-refractivity contribution in [2.24, 2.45) is 51.8 Å². The molecule has 0 amide bonds. The van der Waals surface area contributed by atoms with Gasteiger partial charge in [0.25, 0.3) is 0 Å². The monoisotopic (exact) mass is 511 g/mol. The molecule has 0 aromatic carbocycles. The fraction of sp³-hybridized carbons (Fsp3) is 1.00. The first-order valence-electron chi connectivity index (χ1n) is 15.5. The SMILES string of the molecule is C[C@@H](CCO)CC[C@@H]1CC1(C)C.C[C@@H](CCO)CC[C@H]1CC1(C)C.C[C@H](CCO)CC[C@@H]1CC1(C)C. The van der Waals surface area contributed by atoms with E-state index in [-0.39, 0.29) is 0 Å². The van der Waals surface area contributed by atoms with E-state index in [0.717, 1.165) is 37.0 Å². The quantitative estimate of drug-likeness (QED) is 0.207. The molecule has 3 N–H and O–H groups in total. The second kappa shape index (κ2) is 15.5. The highest BCUT2D eigenvalue weighted by atomic mass is 16.3. The Morgan fingerprint density at radius 3 is 0.806 bits per heavy atom. The molecule has 6 atom stereocenters. The maximum atomic E-state index is 8.72. The van der Waals surface area contributed by atoms with Gasteiger partial charge in [-0.05, 0) is 110 Å².